The van der Waals surface area contributed by atoms with Gasteiger partial charge in [0.05, 0.1) is 6.61 Å². The number of amidine groups is 1. The van der Waals surface area contributed by atoms with Crippen LogP contribution in [0.2, 0.25) is 0 Å². The quantitative estimate of drug-likeness (QED) is 0.503. The third-order valence-electron chi connectivity index (χ3n) is 5.13. The first-order valence-electron chi connectivity index (χ1n) is 9.77. The third-order valence-corrected chi connectivity index (χ3v) is 5.13. The van der Waals surface area contributed by atoms with E-state index in [0.717, 1.165) is 28.9 Å². The summed E-state index contributed by atoms with van der Waals surface area (Å²) in [5.74, 6) is 1.74. The summed E-state index contributed by atoms with van der Waals surface area (Å²) in [6, 6.07) is 19.7. The summed E-state index contributed by atoms with van der Waals surface area (Å²) in [6.07, 6.45) is 4.95. The van der Waals surface area contributed by atoms with Gasteiger partial charge in [0, 0.05) is 48.1 Å². The fourth-order valence-electron chi connectivity index (χ4n) is 3.59. The predicted octanol–water partition coefficient (Wildman–Crippen LogP) is 3.65. The number of ether oxygens (including phenoxy) is 1. The topological polar surface area (TPSA) is 84.4 Å². The van der Waals surface area contributed by atoms with Gasteiger partial charge in [0.15, 0.2) is 0 Å². The molecule has 0 bridgehead atoms. The van der Waals surface area contributed by atoms with Gasteiger partial charge in [-0.2, -0.15) is 0 Å². The average Bonchev–Trinajstić information content (AvgIpc) is 2.78. The molecule has 0 amide bonds. The van der Waals surface area contributed by atoms with Gasteiger partial charge in [-0.1, -0.05) is 42.5 Å². The Balaban J connectivity index is 1.47. The summed E-state index contributed by atoms with van der Waals surface area (Å²) in [6.45, 7) is 1.25. The zero-order chi connectivity index (χ0) is 20.1. The maximum Gasteiger partial charge on any atom is 0.126 e. The number of nitrogens with zero attached hydrogens (tertiary/aromatic N) is 2. The van der Waals surface area contributed by atoms with Crippen LogP contribution in [0.15, 0.2) is 78.0 Å². The van der Waals surface area contributed by atoms with E-state index in [1.807, 2.05) is 54.6 Å². The molecule has 0 radical (unpaired) electrons. The third kappa shape index (κ3) is 4.51. The zero-order valence-electron chi connectivity index (χ0n) is 16.2. The molecule has 1 unspecified atom stereocenters. The van der Waals surface area contributed by atoms with Crippen molar-refractivity contribution in [1.29, 1.82) is 5.41 Å². The van der Waals surface area contributed by atoms with Gasteiger partial charge in [0.1, 0.15) is 11.6 Å². The lowest BCUT2D eigenvalue weighted by Gasteiger charge is -2.24. The molecule has 0 fully saturated rings. The van der Waals surface area contributed by atoms with Crippen LogP contribution in [0, 0.1) is 11.3 Å². The van der Waals surface area contributed by atoms with Crippen LogP contribution in [0.4, 0.5) is 0 Å². The number of rotatable bonds is 6. The van der Waals surface area contributed by atoms with Gasteiger partial charge in [-0.25, -0.2) is 0 Å². The van der Waals surface area contributed by atoms with Crippen LogP contribution in [0.3, 0.4) is 0 Å². The summed E-state index contributed by atoms with van der Waals surface area (Å²) >= 11 is 0. The van der Waals surface area contributed by atoms with Crippen LogP contribution < -0.4 is 10.5 Å². The molecule has 4 rings (SSSR count). The van der Waals surface area contributed by atoms with Crippen LogP contribution in [-0.2, 0) is 12.8 Å². The molecule has 3 aromatic rings. The second kappa shape index (κ2) is 8.69. The van der Waals surface area contributed by atoms with Gasteiger partial charge in [-0.15, -0.1) is 0 Å². The van der Waals surface area contributed by atoms with Crippen molar-refractivity contribution in [2.45, 2.75) is 12.8 Å². The lowest BCUT2D eigenvalue weighted by atomic mass is 9.96. The highest BCUT2D eigenvalue weighted by molar-refractivity contribution is 6.10. The molecule has 0 aliphatic carbocycles. The molecule has 5 heteroatoms. The number of nitrogens with one attached hydrogen (secondary N) is 1. The zero-order valence-corrected chi connectivity index (χ0v) is 16.2. The van der Waals surface area contributed by atoms with E-state index in [9.17, 15) is 0 Å². The Morgan fingerprint density at radius 1 is 1.03 bits per heavy atom. The fourth-order valence-corrected chi connectivity index (χ4v) is 3.59. The van der Waals surface area contributed by atoms with Crippen molar-refractivity contribution in [3.8, 4) is 5.75 Å². The normalized spacial score (nSPS) is 16.0. The molecule has 0 spiro atoms. The number of para-hydroxylation sites is 1. The molecule has 1 aliphatic rings. The van der Waals surface area contributed by atoms with E-state index >= 15 is 0 Å². The van der Waals surface area contributed by atoms with Crippen molar-refractivity contribution >= 4 is 11.5 Å². The fraction of sp³-hybridized carbons (Fsp3) is 0.208. The standard InChI is InChI=1S/C24H24N4O/c25-22(14-17-9-11-27-12-10-17)20-6-2-3-7-21(20)24(26)28-15-18-13-19-5-1-4-8-23(19)29-16-18/h1-12,18,25H,13-16H2,(H2,26,28). The van der Waals surface area contributed by atoms with Crippen molar-refractivity contribution in [1.82, 2.24) is 4.98 Å². The molecule has 5 nitrogen and oxygen atoms in total. The maximum atomic E-state index is 8.56. The number of pyridine rings is 1. The highest BCUT2D eigenvalue weighted by Gasteiger charge is 2.19. The Hall–Kier alpha value is -3.47. The van der Waals surface area contributed by atoms with Gasteiger partial charge >= 0.3 is 0 Å². The monoisotopic (exact) mass is 384 g/mol. The molecule has 3 N–H and O–H groups in total. The van der Waals surface area contributed by atoms with E-state index in [4.69, 9.17) is 15.9 Å². The van der Waals surface area contributed by atoms with Gasteiger partial charge in [-0.3, -0.25) is 9.98 Å². The lowest BCUT2D eigenvalue weighted by molar-refractivity contribution is 0.227. The van der Waals surface area contributed by atoms with Crippen LogP contribution in [0.5, 0.6) is 5.75 Å². The molecule has 29 heavy (non-hydrogen) atoms. The molecule has 0 saturated carbocycles. The van der Waals surface area contributed by atoms with Crippen molar-refractivity contribution in [2.75, 3.05) is 13.2 Å². The number of aromatic nitrogens is 1. The summed E-state index contributed by atoms with van der Waals surface area (Å²) < 4.78 is 5.85. The average molecular weight is 384 g/mol. The van der Waals surface area contributed by atoms with Crippen molar-refractivity contribution in [3.05, 3.63) is 95.3 Å². The minimum absolute atomic E-state index is 0.298. The second-order valence-electron chi connectivity index (χ2n) is 7.27. The Kier molecular flexibility index (Phi) is 5.66. The van der Waals surface area contributed by atoms with Crippen LogP contribution in [0.1, 0.15) is 22.3 Å². The number of benzene rings is 2. The van der Waals surface area contributed by atoms with Crippen molar-refractivity contribution < 1.29 is 4.74 Å². The summed E-state index contributed by atoms with van der Waals surface area (Å²) in [7, 11) is 0. The highest BCUT2D eigenvalue weighted by Crippen LogP contribution is 2.27. The van der Waals surface area contributed by atoms with Crippen molar-refractivity contribution in [2.24, 2.45) is 16.6 Å². The second-order valence-corrected chi connectivity index (χ2v) is 7.27. The molecule has 0 saturated heterocycles. The first-order valence-corrected chi connectivity index (χ1v) is 9.77. The molecule has 146 valence electrons. The summed E-state index contributed by atoms with van der Waals surface area (Å²) in [4.78, 5) is 8.68. The van der Waals surface area contributed by atoms with Crippen LogP contribution in [0.25, 0.3) is 0 Å². The van der Waals surface area contributed by atoms with Crippen LogP contribution >= 0.6 is 0 Å². The Labute approximate surface area is 170 Å². The van der Waals surface area contributed by atoms with Gasteiger partial charge in [0.2, 0.25) is 0 Å². The van der Waals surface area contributed by atoms with Crippen LogP contribution in [-0.4, -0.2) is 29.7 Å². The van der Waals surface area contributed by atoms with E-state index in [1.165, 1.54) is 5.56 Å². The first-order chi connectivity index (χ1) is 14.2. The Morgan fingerprint density at radius 3 is 2.59 bits per heavy atom. The van der Waals surface area contributed by atoms with Gasteiger partial charge in [-0.05, 0) is 35.7 Å². The highest BCUT2D eigenvalue weighted by atomic mass is 16.5. The minimum atomic E-state index is 0.298. The molecular weight excluding hydrogens is 360 g/mol. The molecule has 1 aromatic heterocycles. The van der Waals surface area contributed by atoms with Crippen molar-refractivity contribution in [3.63, 3.8) is 0 Å². The van der Waals surface area contributed by atoms with E-state index in [-0.39, 0.29) is 0 Å². The number of hydrogen-bond acceptors (Lipinski definition) is 4. The molecular formula is C24H24N4O. The number of hydrogen-bond donors (Lipinski definition) is 2. The molecule has 1 atom stereocenters. The van der Waals surface area contributed by atoms with E-state index in [2.05, 4.69) is 16.0 Å². The first kappa shape index (κ1) is 18.9. The SMILES string of the molecule is N=C(Cc1ccncc1)c1ccccc1C(N)=NCC1COc2ccccc2C1. The number of fused-ring (bicyclic) bond motifs is 1. The Morgan fingerprint density at radius 2 is 1.76 bits per heavy atom. The number of aliphatic imine (C=N–C) groups is 1. The van der Waals surface area contributed by atoms with Gasteiger partial charge < -0.3 is 15.9 Å². The minimum Gasteiger partial charge on any atom is -0.493 e. The molecule has 1 aliphatic heterocycles. The summed E-state index contributed by atoms with van der Waals surface area (Å²) in [5.41, 5.74) is 10.7. The smallest absolute Gasteiger partial charge is 0.126 e. The predicted molar refractivity (Wildman–Crippen MR) is 116 cm³/mol. The largest absolute Gasteiger partial charge is 0.493 e. The lowest BCUT2D eigenvalue weighted by Crippen LogP contribution is -2.25. The molecule has 2 aromatic carbocycles. The number of nitrogens with two attached hydrogens (primary N) is 1. The van der Waals surface area contributed by atoms with E-state index in [0.29, 0.717) is 37.0 Å². The molecule has 2 heterocycles. The Bertz CT molecular complexity index is 1030. The van der Waals surface area contributed by atoms with Gasteiger partial charge in [0.25, 0.3) is 0 Å². The maximum absolute atomic E-state index is 8.56. The van der Waals surface area contributed by atoms with E-state index < -0.39 is 0 Å². The van der Waals surface area contributed by atoms with E-state index in [1.54, 1.807) is 12.4 Å². The summed E-state index contributed by atoms with van der Waals surface area (Å²) in [5, 5.41) is 8.56.